The number of hydrogen-bond donors (Lipinski definition) is 2. The number of nitrogens with one attached hydrogen (secondary N) is 1. The molecule has 0 radical (unpaired) electrons. The minimum atomic E-state index is -0.712. The van der Waals surface area contributed by atoms with Crippen LogP contribution >= 0.6 is 0 Å². The van der Waals surface area contributed by atoms with Gasteiger partial charge in [0.05, 0.1) is 5.60 Å². The summed E-state index contributed by atoms with van der Waals surface area (Å²) in [7, 11) is 0. The summed E-state index contributed by atoms with van der Waals surface area (Å²) in [5.74, 6) is 0.0940. The predicted octanol–water partition coefficient (Wildman–Crippen LogP) is 0.279. The van der Waals surface area contributed by atoms with E-state index in [2.05, 4.69) is 5.32 Å². The smallest absolute Gasteiger partial charge is 0.249 e. The Bertz CT molecular complexity index is 328. The van der Waals surface area contributed by atoms with Crippen LogP contribution in [0.3, 0.4) is 0 Å². The van der Waals surface area contributed by atoms with E-state index < -0.39 is 5.60 Å². The number of β-amino-alcohol motifs (C(OH)–C–C–N with tert-alkyl or cyclic N) is 1. The molecule has 0 aliphatic carbocycles. The summed E-state index contributed by atoms with van der Waals surface area (Å²) >= 11 is 0. The van der Waals surface area contributed by atoms with Gasteiger partial charge in [0.2, 0.25) is 5.91 Å². The number of hydrogen-bond acceptors (Lipinski definition) is 3. The van der Waals surface area contributed by atoms with Gasteiger partial charge in [-0.3, -0.25) is 4.79 Å². The first kappa shape index (κ1) is 11.6. The zero-order valence-corrected chi connectivity index (χ0v) is 10.0. The SMILES string of the molecule is CC(C(=O)N1CCCC(C)(O)C1)=C1CNC1. The number of carbonyl (C=O) groups is 1. The third kappa shape index (κ3) is 2.28. The Kier molecular flexibility index (Phi) is 3.04. The largest absolute Gasteiger partial charge is 0.388 e. The highest BCUT2D eigenvalue weighted by atomic mass is 16.3. The zero-order valence-electron chi connectivity index (χ0n) is 10.0. The van der Waals surface area contributed by atoms with Crippen LogP contribution < -0.4 is 5.32 Å². The fourth-order valence-corrected chi connectivity index (χ4v) is 2.30. The Balaban J connectivity index is 2.04. The minimum Gasteiger partial charge on any atom is -0.388 e. The molecule has 1 amide bonds. The average Bonchev–Trinajstić information content (AvgIpc) is 2.12. The Morgan fingerprint density at radius 2 is 2.19 bits per heavy atom. The molecule has 4 nitrogen and oxygen atoms in total. The van der Waals surface area contributed by atoms with Gasteiger partial charge in [-0.2, -0.15) is 0 Å². The Labute approximate surface area is 96.3 Å². The van der Waals surface area contributed by atoms with Crippen molar-refractivity contribution >= 4 is 5.91 Å². The number of aliphatic hydroxyl groups is 1. The van der Waals surface area contributed by atoms with Gasteiger partial charge in [-0.15, -0.1) is 0 Å². The molecule has 0 spiro atoms. The lowest BCUT2D eigenvalue weighted by atomic mass is 9.94. The molecule has 1 atom stereocenters. The minimum absolute atomic E-state index is 0.0940. The van der Waals surface area contributed by atoms with Crippen molar-refractivity contribution in [1.29, 1.82) is 0 Å². The van der Waals surface area contributed by atoms with Gasteiger partial charge in [0.25, 0.3) is 0 Å². The highest BCUT2D eigenvalue weighted by Gasteiger charge is 2.32. The molecule has 4 heteroatoms. The number of nitrogens with zero attached hydrogens (tertiary/aromatic N) is 1. The van der Waals surface area contributed by atoms with Crippen LogP contribution in [-0.4, -0.2) is 47.7 Å². The normalized spacial score (nSPS) is 29.9. The van der Waals surface area contributed by atoms with Gasteiger partial charge < -0.3 is 15.3 Å². The molecule has 0 bridgehead atoms. The summed E-state index contributed by atoms with van der Waals surface area (Å²) in [6.45, 7) is 6.60. The van der Waals surface area contributed by atoms with Crippen LogP contribution in [0.1, 0.15) is 26.7 Å². The molecule has 2 rings (SSSR count). The Morgan fingerprint density at radius 1 is 1.50 bits per heavy atom. The standard InChI is InChI=1S/C12H20N2O2/c1-9(10-6-13-7-10)11(15)14-5-3-4-12(2,16)8-14/h13,16H,3-8H2,1-2H3. The van der Waals surface area contributed by atoms with E-state index in [9.17, 15) is 9.90 Å². The molecule has 2 aliphatic rings. The number of piperidine rings is 1. The Morgan fingerprint density at radius 3 is 2.69 bits per heavy atom. The average molecular weight is 224 g/mol. The van der Waals surface area contributed by atoms with Gasteiger partial charge in [0.1, 0.15) is 0 Å². The molecule has 2 heterocycles. The second kappa shape index (κ2) is 4.18. The molecule has 2 fully saturated rings. The van der Waals surface area contributed by atoms with Crippen LogP contribution in [-0.2, 0) is 4.79 Å². The van der Waals surface area contributed by atoms with Crippen molar-refractivity contribution in [3.8, 4) is 0 Å². The van der Waals surface area contributed by atoms with E-state index in [1.54, 1.807) is 11.8 Å². The highest BCUT2D eigenvalue weighted by Crippen LogP contribution is 2.22. The van der Waals surface area contributed by atoms with Gasteiger partial charge in [-0.25, -0.2) is 0 Å². The third-order valence-corrected chi connectivity index (χ3v) is 3.49. The van der Waals surface area contributed by atoms with Crippen molar-refractivity contribution in [2.75, 3.05) is 26.2 Å². The zero-order chi connectivity index (χ0) is 11.8. The van der Waals surface area contributed by atoms with E-state index in [1.165, 1.54) is 5.57 Å². The van der Waals surface area contributed by atoms with Crippen LogP contribution in [0.2, 0.25) is 0 Å². The lowest BCUT2D eigenvalue weighted by molar-refractivity contribution is -0.133. The van der Waals surface area contributed by atoms with Crippen molar-refractivity contribution in [3.05, 3.63) is 11.1 Å². The predicted molar refractivity (Wildman–Crippen MR) is 62.0 cm³/mol. The molecule has 2 saturated heterocycles. The summed E-state index contributed by atoms with van der Waals surface area (Å²) in [5.41, 5.74) is 1.35. The third-order valence-electron chi connectivity index (χ3n) is 3.49. The molecule has 2 N–H and O–H groups in total. The maximum absolute atomic E-state index is 12.1. The number of rotatable bonds is 1. The van der Waals surface area contributed by atoms with Crippen LogP contribution in [0.5, 0.6) is 0 Å². The van der Waals surface area contributed by atoms with Gasteiger partial charge in [0.15, 0.2) is 0 Å². The fraction of sp³-hybridized carbons (Fsp3) is 0.750. The summed E-state index contributed by atoms with van der Waals surface area (Å²) in [4.78, 5) is 13.9. The fourth-order valence-electron chi connectivity index (χ4n) is 2.30. The van der Waals surface area contributed by atoms with E-state index in [4.69, 9.17) is 0 Å². The van der Waals surface area contributed by atoms with Crippen LogP contribution in [0.4, 0.5) is 0 Å². The molecule has 0 aromatic carbocycles. The molecular formula is C12H20N2O2. The maximum Gasteiger partial charge on any atom is 0.249 e. The van der Waals surface area contributed by atoms with E-state index in [1.807, 2.05) is 6.92 Å². The van der Waals surface area contributed by atoms with Crippen molar-refractivity contribution < 1.29 is 9.90 Å². The lowest BCUT2D eigenvalue weighted by Crippen LogP contribution is -2.49. The van der Waals surface area contributed by atoms with Gasteiger partial charge in [-0.05, 0) is 32.3 Å². The molecule has 1 unspecified atom stereocenters. The second-order valence-corrected chi connectivity index (χ2v) is 5.16. The van der Waals surface area contributed by atoms with E-state index >= 15 is 0 Å². The second-order valence-electron chi connectivity index (χ2n) is 5.16. The monoisotopic (exact) mass is 224 g/mol. The summed E-state index contributed by atoms with van der Waals surface area (Å²) in [6, 6.07) is 0. The highest BCUT2D eigenvalue weighted by molar-refractivity contribution is 5.94. The molecule has 0 aromatic heterocycles. The van der Waals surface area contributed by atoms with Gasteiger partial charge >= 0.3 is 0 Å². The molecular weight excluding hydrogens is 204 g/mol. The molecule has 16 heavy (non-hydrogen) atoms. The lowest BCUT2D eigenvalue weighted by Gasteiger charge is -2.37. The molecule has 0 saturated carbocycles. The maximum atomic E-state index is 12.1. The quantitative estimate of drug-likeness (QED) is 0.629. The van der Waals surface area contributed by atoms with E-state index in [0.29, 0.717) is 6.54 Å². The van der Waals surface area contributed by atoms with Crippen molar-refractivity contribution in [2.45, 2.75) is 32.3 Å². The summed E-state index contributed by atoms with van der Waals surface area (Å²) < 4.78 is 0. The first-order valence-corrected chi connectivity index (χ1v) is 5.91. The summed E-state index contributed by atoms with van der Waals surface area (Å²) in [5, 5.41) is 13.1. The van der Waals surface area contributed by atoms with Gasteiger partial charge in [0, 0.05) is 31.8 Å². The molecule has 2 aliphatic heterocycles. The van der Waals surface area contributed by atoms with Crippen LogP contribution in [0.15, 0.2) is 11.1 Å². The first-order valence-electron chi connectivity index (χ1n) is 5.91. The molecule has 0 aromatic rings. The van der Waals surface area contributed by atoms with Gasteiger partial charge in [-0.1, -0.05) is 0 Å². The summed E-state index contributed by atoms with van der Waals surface area (Å²) in [6.07, 6.45) is 1.67. The van der Waals surface area contributed by atoms with Crippen molar-refractivity contribution in [2.24, 2.45) is 0 Å². The molecule has 90 valence electrons. The Hall–Kier alpha value is -0.870. The van der Waals surface area contributed by atoms with E-state index in [0.717, 1.165) is 38.0 Å². The number of carbonyl (C=O) groups excluding carboxylic acids is 1. The van der Waals surface area contributed by atoms with E-state index in [-0.39, 0.29) is 5.91 Å². The first-order chi connectivity index (χ1) is 7.49. The van der Waals surface area contributed by atoms with Crippen LogP contribution in [0, 0.1) is 0 Å². The van der Waals surface area contributed by atoms with Crippen molar-refractivity contribution in [3.63, 3.8) is 0 Å². The topological polar surface area (TPSA) is 52.6 Å². The number of likely N-dealkylation sites (tertiary alicyclic amines) is 1. The van der Waals surface area contributed by atoms with Crippen molar-refractivity contribution in [1.82, 2.24) is 10.2 Å². The number of amides is 1. The van der Waals surface area contributed by atoms with Crippen LogP contribution in [0.25, 0.3) is 0 Å².